The molecule has 2 aromatic heterocycles. The highest BCUT2D eigenvalue weighted by Gasteiger charge is 2.25. The summed E-state index contributed by atoms with van der Waals surface area (Å²) in [7, 11) is 0. The van der Waals surface area contributed by atoms with E-state index in [2.05, 4.69) is 86.2 Å². The zero-order valence-electron chi connectivity index (χ0n) is 23.0. The molecule has 0 amide bonds. The third-order valence-corrected chi connectivity index (χ3v) is 7.29. The van der Waals surface area contributed by atoms with Gasteiger partial charge in [-0.3, -0.25) is 4.90 Å². The number of benzene rings is 1. The number of piperazine rings is 1. The quantitative estimate of drug-likeness (QED) is 0.321. The molecule has 0 spiro atoms. The highest BCUT2D eigenvalue weighted by Crippen LogP contribution is 2.21. The Kier molecular flexibility index (Phi) is 11.2. The number of nitrogens with zero attached hydrogens (tertiary/aromatic N) is 5. The van der Waals surface area contributed by atoms with Gasteiger partial charge in [0.15, 0.2) is 5.65 Å². The first-order chi connectivity index (χ1) is 16.2. The number of imidazole rings is 1. The molecule has 3 heterocycles. The molecule has 0 atom stereocenters. The maximum Gasteiger partial charge on any atom is 0.160 e. The van der Waals surface area contributed by atoms with Crippen molar-refractivity contribution in [3.05, 3.63) is 58.5 Å². The van der Waals surface area contributed by atoms with Gasteiger partial charge in [0.1, 0.15) is 11.3 Å². The van der Waals surface area contributed by atoms with E-state index in [9.17, 15) is 0 Å². The van der Waals surface area contributed by atoms with Gasteiger partial charge in [0, 0.05) is 43.8 Å². The van der Waals surface area contributed by atoms with Crippen molar-refractivity contribution in [3.63, 3.8) is 0 Å². The molecule has 4 rings (SSSR count). The second kappa shape index (κ2) is 13.2. The van der Waals surface area contributed by atoms with Crippen LogP contribution in [0.4, 0.5) is 0 Å². The number of halogens is 2. The van der Waals surface area contributed by atoms with Crippen molar-refractivity contribution in [1.29, 1.82) is 0 Å². The molecule has 1 aliphatic heterocycles. The van der Waals surface area contributed by atoms with Crippen LogP contribution in [0.15, 0.2) is 30.3 Å². The van der Waals surface area contributed by atoms with Crippen molar-refractivity contribution < 1.29 is 0 Å². The molecule has 200 valence electrons. The van der Waals surface area contributed by atoms with E-state index < -0.39 is 0 Å². The molecule has 1 fully saturated rings. The van der Waals surface area contributed by atoms with Gasteiger partial charge in [-0.05, 0) is 83.2 Å². The van der Waals surface area contributed by atoms with Crippen LogP contribution in [0.2, 0.25) is 0 Å². The summed E-state index contributed by atoms with van der Waals surface area (Å²) in [6.45, 7) is 20.2. The Bertz CT molecular complexity index is 1090. The summed E-state index contributed by atoms with van der Waals surface area (Å²) in [4.78, 5) is 15.0. The van der Waals surface area contributed by atoms with Crippen molar-refractivity contribution in [2.24, 2.45) is 0 Å². The fourth-order valence-electron chi connectivity index (χ4n) is 5.19. The van der Waals surface area contributed by atoms with E-state index in [-0.39, 0.29) is 24.8 Å². The lowest BCUT2D eigenvalue weighted by molar-refractivity contribution is 0.0617. The maximum absolute atomic E-state index is 4.88. The van der Waals surface area contributed by atoms with Crippen LogP contribution in [-0.2, 0) is 19.4 Å². The van der Waals surface area contributed by atoms with Gasteiger partial charge < -0.3 is 9.47 Å². The average molecular weight is 535 g/mol. The van der Waals surface area contributed by atoms with Crippen LogP contribution in [0.25, 0.3) is 11.2 Å². The smallest absolute Gasteiger partial charge is 0.160 e. The molecule has 36 heavy (non-hydrogen) atoms. The fraction of sp³-hybridized carbons (Fsp3) is 0.586. The Morgan fingerprint density at radius 1 is 0.861 bits per heavy atom. The van der Waals surface area contributed by atoms with Crippen LogP contribution in [0.3, 0.4) is 0 Å². The van der Waals surface area contributed by atoms with Gasteiger partial charge in [-0.1, -0.05) is 31.2 Å². The summed E-state index contributed by atoms with van der Waals surface area (Å²) in [5.41, 5.74) is 7.38. The fourth-order valence-corrected chi connectivity index (χ4v) is 5.19. The molecule has 7 heteroatoms. The van der Waals surface area contributed by atoms with Gasteiger partial charge in [0.25, 0.3) is 0 Å². The van der Waals surface area contributed by atoms with Crippen LogP contribution in [0, 0.1) is 13.8 Å². The summed E-state index contributed by atoms with van der Waals surface area (Å²) in [6.07, 6.45) is 4.62. The zero-order chi connectivity index (χ0) is 24.3. The van der Waals surface area contributed by atoms with E-state index in [1.807, 2.05) is 0 Å². The Labute approximate surface area is 230 Å². The molecule has 0 aliphatic carbocycles. The molecule has 0 radical (unpaired) electrons. The van der Waals surface area contributed by atoms with Crippen molar-refractivity contribution in [2.75, 3.05) is 32.7 Å². The van der Waals surface area contributed by atoms with Gasteiger partial charge in [-0.25, -0.2) is 9.97 Å². The third kappa shape index (κ3) is 7.44. The van der Waals surface area contributed by atoms with Gasteiger partial charge in [0.2, 0.25) is 0 Å². The van der Waals surface area contributed by atoms with Crippen LogP contribution in [-0.4, -0.2) is 62.6 Å². The predicted molar refractivity (Wildman–Crippen MR) is 157 cm³/mol. The van der Waals surface area contributed by atoms with E-state index in [1.54, 1.807) is 0 Å². The second-order valence-corrected chi connectivity index (χ2v) is 11.0. The van der Waals surface area contributed by atoms with E-state index >= 15 is 0 Å². The van der Waals surface area contributed by atoms with E-state index in [4.69, 9.17) is 9.97 Å². The highest BCUT2D eigenvalue weighted by molar-refractivity contribution is 5.85. The lowest BCUT2D eigenvalue weighted by Gasteiger charge is -2.42. The molecule has 1 saturated heterocycles. The number of rotatable bonds is 8. The molecule has 0 unspecified atom stereocenters. The minimum Gasteiger partial charge on any atom is -0.308 e. The monoisotopic (exact) mass is 533 g/mol. The number of fused-ring (bicyclic) bond motifs is 1. The predicted octanol–water partition coefficient (Wildman–Crippen LogP) is 6.24. The Morgan fingerprint density at radius 2 is 1.50 bits per heavy atom. The molecular formula is C29H45Cl2N5. The first-order valence-electron chi connectivity index (χ1n) is 13.1. The van der Waals surface area contributed by atoms with Crippen LogP contribution < -0.4 is 0 Å². The molecular weight excluding hydrogens is 489 g/mol. The van der Waals surface area contributed by atoms with Crippen molar-refractivity contribution >= 4 is 36.0 Å². The van der Waals surface area contributed by atoms with Gasteiger partial charge in [-0.15, -0.1) is 24.8 Å². The van der Waals surface area contributed by atoms with Gasteiger partial charge in [0.05, 0.1) is 6.54 Å². The van der Waals surface area contributed by atoms with Crippen molar-refractivity contribution in [1.82, 2.24) is 24.3 Å². The molecule has 1 aliphatic rings. The Morgan fingerprint density at radius 3 is 2.11 bits per heavy atom. The minimum absolute atomic E-state index is 0. The number of aryl methyl sites for hydroxylation is 4. The first kappa shape index (κ1) is 30.6. The molecule has 1 aromatic carbocycles. The van der Waals surface area contributed by atoms with Crippen molar-refractivity contribution in [2.45, 2.75) is 79.3 Å². The first-order valence-corrected chi connectivity index (χ1v) is 13.1. The summed E-state index contributed by atoms with van der Waals surface area (Å²) in [5.74, 6) is 1.11. The van der Waals surface area contributed by atoms with Crippen LogP contribution in [0.5, 0.6) is 0 Å². The lowest BCUT2D eigenvalue weighted by Crippen LogP contribution is -2.53. The molecule has 3 aromatic rings. The maximum atomic E-state index is 4.88. The summed E-state index contributed by atoms with van der Waals surface area (Å²) < 4.78 is 2.30. The van der Waals surface area contributed by atoms with Crippen molar-refractivity contribution in [3.8, 4) is 0 Å². The second-order valence-electron chi connectivity index (χ2n) is 11.0. The summed E-state index contributed by atoms with van der Waals surface area (Å²) >= 11 is 0. The normalized spacial score (nSPS) is 15.1. The molecule has 5 nitrogen and oxygen atoms in total. The van der Waals surface area contributed by atoms with E-state index in [1.165, 1.54) is 62.3 Å². The summed E-state index contributed by atoms with van der Waals surface area (Å²) in [5, 5.41) is 0. The zero-order valence-corrected chi connectivity index (χ0v) is 24.6. The standard InChI is InChI=1S/C29H43N5.2ClH/c1-7-26-31-27-22(2)20-23(3)30-28(27)34(26)21-25-13-11-24(12-14-25)10-8-9-15-32-16-18-33(19-17-32)29(4,5)6;;/h11-14,20H,7-10,15-19,21H2,1-6H3;2*1H. The number of pyridine rings is 1. The average Bonchev–Trinajstić information content (AvgIpc) is 3.15. The number of unbranched alkanes of at least 4 members (excludes halogenated alkanes) is 1. The van der Waals surface area contributed by atoms with E-state index in [0.717, 1.165) is 42.1 Å². The topological polar surface area (TPSA) is 37.2 Å². The largest absolute Gasteiger partial charge is 0.308 e. The third-order valence-electron chi connectivity index (χ3n) is 7.29. The Hall–Kier alpha value is -1.66. The van der Waals surface area contributed by atoms with E-state index in [0.29, 0.717) is 5.54 Å². The number of hydrogen-bond donors (Lipinski definition) is 0. The molecule has 0 bridgehead atoms. The minimum atomic E-state index is 0. The van der Waals surface area contributed by atoms with Gasteiger partial charge in [-0.2, -0.15) is 0 Å². The lowest BCUT2D eigenvalue weighted by atomic mass is 10.0. The Balaban J connectivity index is 0.00000228. The highest BCUT2D eigenvalue weighted by atomic mass is 35.5. The molecule has 0 saturated carbocycles. The SMILES string of the molecule is CCc1nc2c(C)cc(C)nc2n1Cc1ccc(CCCCN2CCN(C(C)(C)C)CC2)cc1.Cl.Cl. The van der Waals surface area contributed by atoms with Crippen LogP contribution >= 0.6 is 24.8 Å². The number of hydrogen-bond acceptors (Lipinski definition) is 4. The summed E-state index contributed by atoms with van der Waals surface area (Å²) in [6, 6.07) is 11.3. The number of aromatic nitrogens is 3. The van der Waals surface area contributed by atoms with Crippen LogP contribution in [0.1, 0.15) is 68.7 Å². The molecule has 0 N–H and O–H groups in total. The van der Waals surface area contributed by atoms with Gasteiger partial charge >= 0.3 is 0 Å².